The molecule has 2 rings (SSSR count). The average molecular weight is 174 g/mol. The van der Waals surface area contributed by atoms with Crippen LogP contribution in [-0.2, 0) is 0 Å². The highest BCUT2D eigenvalue weighted by atomic mass is 14.8. The molecule has 0 aliphatic carbocycles. The summed E-state index contributed by atoms with van der Waals surface area (Å²) in [4.78, 5) is 3.17. The molecular formula is C11H14N2. The number of hydrogen-bond donors (Lipinski definition) is 2. The highest BCUT2D eigenvalue weighted by Gasteiger charge is 2.07. The van der Waals surface area contributed by atoms with Crippen LogP contribution in [0.1, 0.15) is 16.7 Å². The third-order valence-electron chi connectivity index (χ3n) is 2.78. The molecule has 0 atom stereocenters. The van der Waals surface area contributed by atoms with E-state index in [9.17, 15) is 0 Å². The summed E-state index contributed by atoms with van der Waals surface area (Å²) in [5, 5.41) is 1.28. The quantitative estimate of drug-likeness (QED) is 0.633. The molecule has 13 heavy (non-hydrogen) atoms. The molecule has 2 aromatic rings. The molecule has 1 heterocycles. The van der Waals surface area contributed by atoms with E-state index in [-0.39, 0.29) is 0 Å². The second-order valence-corrected chi connectivity index (χ2v) is 3.59. The molecule has 3 N–H and O–H groups in total. The highest BCUT2D eigenvalue weighted by molar-refractivity contribution is 5.91. The number of H-pyrrole nitrogens is 1. The maximum absolute atomic E-state index is 5.82. The Kier molecular flexibility index (Phi) is 1.59. The summed E-state index contributed by atoms with van der Waals surface area (Å²) in [5.41, 5.74) is 10.8. The number of anilines is 1. The van der Waals surface area contributed by atoms with Crippen LogP contribution in [0, 0.1) is 20.8 Å². The molecule has 0 saturated carbocycles. The lowest BCUT2D eigenvalue weighted by molar-refractivity contribution is 1.37. The molecule has 0 spiro atoms. The first kappa shape index (κ1) is 8.17. The van der Waals surface area contributed by atoms with Gasteiger partial charge in [0.25, 0.3) is 0 Å². The molecule has 0 bridgehead atoms. The minimum absolute atomic E-state index is 0.781. The van der Waals surface area contributed by atoms with Crippen molar-refractivity contribution in [3.05, 3.63) is 28.8 Å². The Bertz CT molecular complexity index is 466. The number of aryl methyl sites for hydroxylation is 3. The summed E-state index contributed by atoms with van der Waals surface area (Å²) in [5.74, 6) is 0.781. The van der Waals surface area contributed by atoms with Crippen LogP contribution < -0.4 is 5.73 Å². The second kappa shape index (κ2) is 2.52. The number of benzene rings is 1. The molecule has 68 valence electrons. The van der Waals surface area contributed by atoms with E-state index in [0.717, 1.165) is 16.9 Å². The van der Waals surface area contributed by atoms with Crippen LogP contribution in [-0.4, -0.2) is 4.98 Å². The monoisotopic (exact) mass is 174 g/mol. The van der Waals surface area contributed by atoms with Crippen molar-refractivity contribution in [2.24, 2.45) is 0 Å². The Morgan fingerprint density at radius 3 is 2.46 bits per heavy atom. The Morgan fingerprint density at radius 2 is 1.77 bits per heavy atom. The topological polar surface area (TPSA) is 41.8 Å². The first-order valence-corrected chi connectivity index (χ1v) is 4.45. The average Bonchev–Trinajstić information content (AvgIpc) is 2.37. The third kappa shape index (κ3) is 1.02. The normalized spacial score (nSPS) is 11.0. The van der Waals surface area contributed by atoms with E-state index in [2.05, 4.69) is 37.9 Å². The van der Waals surface area contributed by atoms with Gasteiger partial charge in [0.2, 0.25) is 0 Å². The fourth-order valence-corrected chi connectivity index (χ4v) is 1.78. The molecule has 1 aromatic carbocycles. The zero-order valence-electron chi connectivity index (χ0n) is 8.23. The number of nitrogens with two attached hydrogens (primary N) is 1. The van der Waals surface area contributed by atoms with Gasteiger partial charge in [0.1, 0.15) is 5.82 Å². The van der Waals surface area contributed by atoms with Gasteiger partial charge in [-0.2, -0.15) is 0 Å². The van der Waals surface area contributed by atoms with E-state index in [4.69, 9.17) is 5.73 Å². The summed E-state index contributed by atoms with van der Waals surface area (Å²) in [6.07, 6.45) is 0. The van der Waals surface area contributed by atoms with Crippen molar-refractivity contribution in [1.82, 2.24) is 4.98 Å². The van der Waals surface area contributed by atoms with Crippen molar-refractivity contribution in [3.63, 3.8) is 0 Å². The number of hydrogen-bond acceptors (Lipinski definition) is 1. The Hall–Kier alpha value is -1.44. The number of nitrogen functional groups attached to an aromatic ring is 1. The molecule has 1 aromatic heterocycles. The number of aromatic amines is 1. The van der Waals surface area contributed by atoms with Gasteiger partial charge in [-0.15, -0.1) is 0 Å². The van der Waals surface area contributed by atoms with Gasteiger partial charge in [-0.3, -0.25) is 0 Å². The summed E-state index contributed by atoms with van der Waals surface area (Å²) >= 11 is 0. The molecule has 0 aliphatic heterocycles. The standard InChI is InChI=1S/C11H14N2/c1-6-4-5-9-10(7(6)2)8(3)11(12)13-9/h4-5,13H,12H2,1-3H3. The van der Waals surface area contributed by atoms with Gasteiger partial charge < -0.3 is 10.7 Å². The summed E-state index contributed by atoms with van der Waals surface area (Å²) in [6.45, 7) is 6.32. The predicted octanol–water partition coefficient (Wildman–Crippen LogP) is 2.68. The van der Waals surface area contributed by atoms with Crippen LogP contribution in [0.4, 0.5) is 5.82 Å². The van der Waals surface area contributed by atoms with Gasteiger partial charge in [-0.05, 0) is 43.5 Å². The van der Waals surface area contributed by atoms with Crippen LogP contribution >= 0.6 is 0 Å². The minimum Gasteiger partial charge on any atom is -0.385 e. The molecular weight excluding hydrogens is 160 g/mol. The second-order valence-electron chi connectivity index (χ2n) is 3.59. The summed E-state index contributed by atoms with van der Waals surface area (Å²) < 4.78 is 0. The SMILES string of the molecule is Cc1ccc2[nH]c(N)c(C)c2c1C. The van der Waals surface area contributed by atoms with Gasteiger partial charge in [-0.25, -0.2) is 0 Å². The van der Waals surface area contributed by atoms with Gasteiger partial charge in [0.05, 0.1) is 0 Å². The molecule has 0 aliphatic rings. The molecule has 0 amide bonds. The maximum atomic E-state index is 5.82. The van der Waals surface area contributed by atoms with Gasteiger partial charge >= 0.3 is 0 Å². The number of aromatic nitrogens is 1. The van der Waals surface area contributed by atoms with Crippen LogP contribution in [0.15, 0.2) is 12.1 Å². The fourth-order valence-electron chi connectivity index (χ4n) is 1.78. The Balaban J connectivity index is 2.97. The molecule has 0 saturated heterocycles. The zero-order chi connectivity index (χ0) is 9.59. The Labute approximate surface area is 77.8 Å². The lowest BCUT2D eigenvalue weighted by atomic mass is 10.0. The van der Waals surface area contributed by atoms with Crippen molar-refractivity contribution in [2.45, 2.75) is 20.8 Å². The van der Waals surface area contributed by atoms with E-state index in [1.165, 1.54) is 16.5 Å². The van der Waals surface area contributed by atoms with Gasteiger partial charge in [0.15, 0.2) is 0 Å². The summed E-state index contributed by atoms with van der Waals surface area (Å²) in [6, 6.07) is 4.20. The third-order valence-corrected chi connectivity index (χ3v) is 2.78. The smallest absolute Gasteiger partial charge is 0.104 e. The van der Waals surface area contributed by atoms with Crippen molar-refractivity contribution in [1.29, 1.82) is 0 Å². The van der Waals surface area contributed by atoms with Crippen molar-refractivity contribution >= 4 is 16.7 Å². The first-order valence-electron chi connectivity index (χ1n) is 4.45. The van der Waals surface area contributed by atoms with Gasteiger partial charge in [0, 0.05) is 10.9 Å². The Morgan fingerprint density at radius 1 is 1.08 bits per heavy atom. The molecule has 0 fully saturated rings. The highest BCUT2D eigenvalue weighted by Crippen LogP contribution is 2.27. The molecule has 0 radical (unpaired) electrons. The maximum Gasteiger partial charge on any atom is 0.104 e. The first-order chi connectivity index (χ1) is 6.11. The van der Waals surface area contributed by atoms with Crippen LogP contribution in [0.5, 0.6) is 0 Å². The van der Waals surface area contributed by atoms with Crippen molar-refractivity contribution < 1.29 is 0 Å². The van der Waals surface area contributed by atoms with Gasteiger partial charge in [-0.1, -0.05) is 6.07 Å². The fraction of sp³-hybridized carbons (Fsp3) is 0.273. The predicted molar refractivity (Wildman–Crippen MR) is 56.9 cm³/mol. The number of nitrogens with one attached hydrogen (secondary N) is 1. The number of fused-ring (bicyclic) bond motifs is 1. The van der Waals surface area contributed by atoms with E-state index < -0.39 is 0 Å². The minimum atomic E-state index is 0.781. The van der Waals surface area contributed by atoms with Crippen LogP contribution in [0.25, 0.3) is 10.9 Å². The number of rotatable bonds is 0. The zero-order valence-corrected chi connectivity index (χ0v) is 8.23. The van der Waals surface area contributed by atoms with E-state index in [1.807, 2.05) is 0 Å². The van der Waals surface area contributed by atoms with Crippen LogP contribution in [0.2, 0.25) is 0 Å². The lowest BCUT2D eigenvalue weighted by Crippen LogP contribution is -1.85. The van der Waals surface area contributed by atoms with Crippen molar-refractivity contribution in [2.75, 3.05) is 5.73 Å². The van der Waals surface area contributed by atoms with Crippen LogP contribution in [0.3, 0.4) is 0 Å². The van der Waals surface area contributed by atoms with E-state index >= 15 is 0 Å². The molecule has 2 nitrogen and oxygen atoms in total. The lowest BCUT2D eigenvalue weighted by Gasteiger charge is -2.01. The van der Waals surface area contributed by atoms with E-state index in [0.29, 0.717) is 0 Å². The molecule has 0 unspecified atom stereocenters. The van der Waals surface area contributed by atoms with E-state index in [1.54, 1.807) is 0 Å². The largest absolute Gasteiger partial charge is 0.385 e. The molecule has 2 heteroatoms. The van der Waals surface area contributed by atoms with Crippen molar-refractivity contribution in [3.8, 4) is 0 Å². The summed E-state index contributed by atoms with van der Waals surface area (Å²) in [7, 11) is 0.